The molecule has 2 heterocycles. The van der Waals surface area contributed by atoms with Gasteiger partial charge in [0.25, 0.3) is 5.91 Å². The topological polar surface area (TPSA) is 67.8 Å². The molecule has 0 radical (unpaired) electrons. The highest BCUT2D eigenvalue weighted by Gasteiger charge is 2.18. The van der Waals surface area contributed by atoms with Crippen LogP contribution in [0, 0.1) is 11.6 Å². The summed E-state index contributed by atoms with van der Waals surface area (Å²) in [6.07, 6.45) is 3.20. The summed E-state index contributed by atoms with van der Waals surface area (Å²) in [5, 5.41) is 10.8. The van der Waals surface area contributed by atoms with Crippen molar-refractivity contribution in [2.24, 2.45) is 0 Å². The highest BCUT2D eigenvalue weighted by molar-refractivity contribution is 7.18. The van der Waals surface area contributed by atoms with Crippen molar-refractivity contribution in [3.05, 3.63) is 59.9 Å². The maximum Gasteiger partial charge on any atom is 0.263 e. The van der Waals surface area contributed by atoms with Crippen molar-refractivity contribution in [1.82, 2.24) is 15.2 Å². The van der Waals surface area contributed by atoms with E-state index in [2.05, 4.69) is 20.5 Å². The fourth-order valence-corrected chi connectivity index (χ4v) is 2.50. The van der Waals surface area contributed by atoms with Crippen molar-refractivity contribution in [1.29, 1.82) is 0 Å². The zero-order valence-corrected chi connectivity index (χ0v) is 11.8. The predicted molar refractivity (Wildman–Crippen MR) is 77.5 cm³/mol. The zero-order valence-electron chi connectivity index (χ0n) is 11.0. The second-order valence-electron chi connectivity index (χ2n) is 4.20. The number of aromatic nitrogens is 3. The van der Waals surface area contributed by atoms with Crippen LogP contribution in [0.1, 0.15) is 10.4 Å². The molecule has 1 aromatic carbocycles. The maximum absolute atomic E-state index is 13.5. The van der Waals surface area contributed by atoms with Gasteiger partial charge in [0.05, 0.1) is 0 Å². The van der Waals surface area contributed by atoms with E-state index in [9.17, 15) is 13.6 Å². The Hall–Kier alpha value is -2.74. The number of rotatable bonds is 3. The Morgan fingerprint density at radius 3 is 2.41 bits per heavy atom. The summed E-state index contributed by atoms with van der Waals surface area (Å²) in [5.41, 5.74) is 0.133. The molecule has 2 aromatic heterocycles. The van der Waals surface area contributed by atoms with Crippen molar-refractivity contribution >= 4 is 22.4 Å². The largest absolute Gasteiger partial charge is 0.296 e. The van der Waals surface area contributed by atoms with Crippen LogP contribution in [-0.4, -0.2) is 21.1 Å². The maximum atomic E-state index is 13.5. The summed E-state index contributed by atoms with van der Waals surface area (Å²) in [6.45, 7) is 0. The van der Waals surface area contributed by atoms with Gasteiger partial charge in [-0.05, 0) is 24.3 Å². The molecule has 5 nitrogen and oxygen atoms in total. The van der Waals surface area contributed by atoms with E-state index in [4.69, 9.17) is 0 Å². The van der Waals surface area contributed by atoms with Crippen LogP contribution in [-0.2, 0) is 0 Å². The Morgan fingerprint density at radius 1 is 1.05 bits per heavy atom. The molecular formula is C14H8F2N4OS. The third-order valence-corrected chi connectivity index (χ3v) is 3.65. The predicted octanol–water partition coefficient (Wildman–Crippen LogP) is 3.13. The average Bonchev–Trinajstić information content (AvgIpc) is 2.96. The summed E-state index contributed by atoms with van der Waals surface area (Å²) in [4.78, 5) is 15.8. The number of benzene rings is 1. The molecule has 0 spiro atoms. The number of nitrogens with one attached hydrogen (secondary N) is 1. The van der Waals surface area contributed by atoms with Crippen LogP contribution in [0.5, 0.6) is 0 Å². The van der Waals surface area contributed by atoms with Gasteiger partial charge in [0.2, 0.25) is 5.13 Å². The van der Waals surface area contributed by atoms with Crippen molar-refractivity contribution in [2.45, 2.75) is 0 Å². The first-order chi connectivity index (χ1) is 10.6. The molecule has 0 atom stereocenters. The third-order valence-electron chi connectivity index (χ3n) is 2.76. The second-order valence-corrected chi connectivity index (χ2v) is 5.18. The molecule has 0 saturated carbocycles. The Balaban J connectivity index is 1.82. The van der Waals surface area contributed by atoms with Gasteiger partial charge in [-0.15, -0.1) is 10.2 Å². The molecule has 0 saturated heterocycles. The molecule has 0 aliphatic heterocycles. The van der Waals surface area contributed by atoms with E-state index in [0.29, 0.717) is 5.01 Å². The van der Waals surface area contributed by atoms with Crippen LogP contribution in [0.15, 0.2) is 42.7 Å². The van der Waals surface area contributed by atoms with Gasteiger partial charge in [0.1, 0.15) is 22.2 Å². The lowest BCUT2D eigenvalue weighted by atomic mass is 10.2. The molecule has 8 heteroatoms. The van der Waals surface area contributed by atoms with Crippen molar-refractivity contribution in [3.8, 4) is 10.6 Å². The number of amides is 1. The number of carbonyl (C=O) groups is 1. The average molecular weight is 318 g/mol. The minimum Gasteiger partial charge on any atom is -0.296 e. The molecule has 3 rings (SSSR count). The van der Waals surface area contributed by atoms with Crippen LogP contribution in [0.4, 0.5) is 13.9 Å². The van der Waals surface area contributed by atoms with Gasteiger partial charge in [-0.2, -0.15) is 0 Å². The van der Waals surface area contributed by atoms with E-state index in [1.165, 1.54) is 6.07 Å². The van der Waals surface area contributed by atoms with Gasteiger partial charge < -0.3 is 0 Å². The first-order valence-electron chi connectivity index (χ1n) is 6.14. The molecular weight excluding hydrogens is 310 g/mol. The molecule has 3 aromatic rings. The van der Waals surface area contributed by atoms with Gasteiger partial charge in [-0.3, -0.25) is 15.1 Å². The van der Waals surface area contributed by atoms with Gasteiger partial charge in [-0.1, -0.05) is 17.4 Å². The fraction of sp³-hybridized carbons (Fsp3) is 0. The van der Waals surface area contributed by atoms with Gasteiger partial charge in [0.15, 0.2) is 0 Å². The minimum atomic E-state index is -0.934. The van der Waals surface area contributed by atoms with Crippen LogP contribution in [0.3, 0.4) is 0 Å². The number of nitrogens with zero attached hydrogens (tertiary/aromatic N) is 3. The normalized spacial score (nSPS) is 10.5. The third kappa shape index (κ3) is 2.82. The van der Waals surface area contributed by atoms with E-state index >= 15 is 0 Å². The van der Waals surface area contributed by atoms with Gasteiger partial charge in [0, 0.05) is 18.0 Å². The Bertz CT molecular complexity index is 802. The summed E-state index contributed by atoms with van der Waals surface area (Å²) < 4.78 is 27.1. The van der Waals surface area contributed by atoms with E-state index in [0.717, 1.165) is 29.0 Å². The smallest absolute Gasteiger partial charge is 0.263 e. The van der Waals surface area contributed by atoms with Crippen molar-refractivity contribution in [2.75, 3.05) is 5.32 Å². The SMILES string of the molecule is O=C(Nc1nnc(-c2ccncc2)s1)c1c(F)cccc1F. The Kier molecular flexibility index (Phi) is 3.84. The zero-order chi connectivity index (χ0) is 15.5. The standard InChI is InChI=1S/C14H8F2N4OS/c15-9-2-1-3-10(16)11(9)12(21)18-14-20-19-13(22-14)8-4-6-17-7-5-8/h1-7H,(H,18,20,21). The number of carbonyl (C=O) groups excluding carboxylic acids is 1. The number of hydrogen-bond acceptors (Lipinski definition) is 5. The summed E-state index contributed by atoms with van der Waals surface area (Å²) in [5.74, 6) is -2.78. The first kappa shape index (κ1) is 14.2. The molecule has 0 bridgehead atoms. The molecule has 1 amide bonds. The number of halogens is 2. The van der Waals surface area contributed by atoms with E-state index < -0.39 is 23.1 Å². The second kappa shape index (κ2) is 5.94. The molecule has 1 N–H and O–H groups in total. The molecule has 22 heavy (non-hydrogen) atoms. The molecule has 0 aliphatic rings. The van der Waals surface area contributed by atoms with Gasteiger partial charge in [-0.25, -0.2) is 8.78 Å². The van der Waals surface area contributed by atoms with Crippen molar-refractivity contribution < 1.29 is 13.6 Å². The van der Waals surface area contributed by atoms with Crippen molar-refractivity contribution in [3.63, 3.8) is 0 Å². The van der Waals surface area contributed by atoms with Crippen LogP contribution >= 0.6 is 11.3 Å². The lowest BCUT2D eigenvalue weighted by Gasteiger charge is -2.03. The highest BCUT2D eigenvalue weighted by Crippen LogP contribution is 2.26. The van der Waals surface area contributed by atoms with E-state index in [1.54, 1.807) is 24.5 Å². The Labute approximate surface area is 127 Å². The monoisotopic (exact) mass is 318 g/mol. The fourth-order valence-electron chi connectivity index (χ4n) is 1.76. The van der Waals surface area contributed by atoms with Crippen LogP contribution < -0.4 is 5.32 Å². The van der Waals surface area contributed by atoms with E-state index in [1.807, 2.05) is 0 Å². The highest BCUT2D eigenvalue weighted by atomic mass is 32.1. The number of anilines is 1. The molecule has 0 fully saturated rings. The van der Waals surface area contributed by atoms with Crippen LogP contribution in [0.25, 0.3) is 10.6 Å². The lowest BCUT2D eigenvalue weighted by Crippen LogP contribution is -2.15. The van der Waals surface area contributed by atoms with E-state index in [-0.39, 0.29) is 5.13 Å². The minimum absolute atomic E-state index is 0.152. The quantitative estimate of drug-likeness (QED) is 0.805. The lowest BCUT2D eigenvalue weighted by molar-refractivity contribution is 0.101. The molecule has 0 aliphatic carbocycles. The molecule has 0 unspecified atom stereocenters. The summed E-state index contributed by atoms with van der Waals surface area (Å²) in [7, 11) is 0. The summed E-state index contributed by atoms with van der Waals surface area (Å²) in [6, 6.07) is 6.69. The Morgan fingerprint density at radius 2 is 1.73 bits per heavy atom. The van der Waals surface area contributed by atoms with Gasteiger partial charge >= 0.3 is 0 Å². The number of pyridine rings is 1. The molecule has 110 valence electrons. The summed E-state index contributed by atoms with van der Waals surface area (Å²) >= 11 is 1.09. The number of hydrogen-bond donors (Lipinski definition) is 1. The van der Waals surface area contributed by atoms with Crippen LogP contribution in [0.2, 0.25) is 0 Å². The first-order valence-corrected chi connectivity index (χ1v) is 6.96.